The number of nitro groups is 1. The Bertz CT molecular complexity index is 649. The number of rotatable bonds is 4. The van der Waals surface area contributed by atoms with Crippen LogP contribution in [0.1, 0.15) is 11.1 Å². The predicted molar refractivity (Wildman–Crippen MR) is 69.4 cm³/mol. The molecule has 19 heavy (non-hydrogen) atoms. The number of aromatic nitrogens is 1. The zero-order chi connectivity index (χ0) is 13.7. The van der Waals surface area contributed by atoms with Crippen LogP contribution in [0.3, 0.4) is 0 Å². The van der Waals surface area contributed by atoms with Crippen molar-refractivity contribution in [2.75, 3.05) is 5.32 Å². The molecule has 0 amide bonds. The van der Waals surface area contributed by atoms with E-state index in [0.29, 0.717) is 17.8 Å². The maximum atomic E-state index is 10.8. The number of nitriles is 1. The lowest BCUT2D eigenvalue weighted by Crippen LogP contribution is -2.03. The number of hydrogen-bond donors (Lipinski definition) is 1. The van der Waals surface area contributed by atoms with Crippen LogP contribution in [0, 0.1) is 21.4 Å². The molecule has 2 aromatic rings. The first-order valence-corrected chi connectivity index (χ1v) is 5.52. The first kappa shape index (κ1) is 12.5. The predicted octanol–water partition coefficient (Wildman–Crippen LogP) is 2.47. The summed E-state index contributed by atoms with van der Waals surface area (Å²) in [7, 11) is 0. The van der Waals surface area contributed by atoms with Crippen molar-refractivity contribution in [1.82, 2.24) is 4.98 Å². The van der Waals surface area contributed by atoms with Crippen LogP contribution in [0.15, 0.2) is 42.7 Å². The van der Waals surface area contributed by atoms with Gasteiger partial charge in [0.05, 0.1) is 16.6 Å². The van der Waals surface area contributed by atoms with Gasteiger partial charge in [-0.25, -0.2) is 0 Å². The fourth-order valence-electron chi connectivity index (χ4n) is 1.63. The van der Waals surface area contributed by atoms with E-state index >= 15 is 0 Å². The molecule has 2 rings (SSSR count). The van der Waals surface area contributed by atoms with Gasteiger partial charge in [-0.05, 0) is 23.8 Å². The van der Waals surface area contributed by atoms with Gasteiger partial charge in [0.15, 0.2) is 0 Å². The van der Waals surface area contributed by atoms with E-state index in [0.717, 1.165) is 5.56 Å². The number of nitrogens with one attached hydrogen (secondary N) is 1. The van der Waals surface area contributed by atoms with Gasteiger partial charge in [0, 0.05) is 12.7 Å². The SMILES string of the molecule is N#Cc1cccc(CNc2ccncc2[N+](=O)[O-])c1. The lowest BCUT2D eigenvalue weighted by atomic mass is 10.1. The molecule has 0 aliphatic heterocycles. The highest BCUT2D eigenvalue weighted by Gasteiger charge is 2.12. The molecule has 0 saturated heterocycles. The normalized spacial score (nSPS) is 9.63. The molecule has 0 fully saturated rings. The van der Waals surface area contributed by atoms with E-state index in [1.165, 1.54) is 12.4 Å². The lowest BCUT2D eigenvalue weighted by molar-refractivity contribution is -0.384. The highest BCUT2D eigenvalue weighted by Crippen LogP contribution is 2.22. The third kappa shape index (κ3) is 3.04. The Morgan fingerprint density at radius 3 is 3.00 bits per heavy atom. The van der Waals surface area contributed by atoms with Crippen LogP contribution in [0.5, 0.6) is 0 Å². The fourth-order valence-corrected chi connectivity index (χ4v) is 1.63. The maximum absolute atomic E-state index is 10.8. The summed E-state index contributed by atoms with van der Waals surface area (Å²) in [6.45, 7) is 0.403. The summed E-state index contributed by atoms with van der Waals surface area (Å²) >= 11 is 0. The molecule has 1 N–H and O–H groups in total. The summed E-state index contributed by atoms with van der Waals surface area (Å²) in [6, 6.07) is 10.7. The summed E-state index contributed by atoms with van der Waals surface area (Å²) in [4.78, 5) is 14.1. The van der Waals surface area contributed by atoms with Crippen LogP contribution in [0.2, 0.25) is 0 Å². The molecule has 6 heteroatoms. The Kier molecular flexibility index (Phi) is 3.69. The molecule has 0 unspecified atom stereocenters. The van der Waals surface area contributed by atoms with Crippen molar-refractivity contribution in [2.24, 2.45) is 0 Å². The smallest absolute Gasteiger partial charge is 0.310 e. The summed E-state index contributed by atoms with van der Waals surface area (Å²) in [5, 5.41) is 22.6. The second kappa shape index (κ2) is 5.60. The zero-order valence-electron chi connectivity index (χ0n) is 9.91. The van der Waals surface area contributed by atoms with Gasteiger partial charge in [0.25, 0.3) is 0 Å². The Morgan fingerprint density at radius 1 is 1.42 bits per heavy atom. The first-order valence-electron chi connectivity index (χ1n) is 5.52. The van der Waals surface area contributed by atoms with Gasteiger partial charge in [0.2, 0.25) is 0 Å². The Hall–Kier alpha value is -2.94. The minimum Gasteiger partial charge on any atom is -0.375 e. The molecule has 1 aromatic heterocycles. The van der Waals surface area contributed by atoms with Gasteiger partial charge in [0.1, 0.15) is 11.9 Å². The largest absolute Gasteiger partial charge is 0.375 e. The molecular weight excluding hydrogens is 244 g/mol. The van der Waals surface area contributed by atoms with Crippen LogP contribution in [-0.2, 0) is 6.54 Å². The quantitative estimate of drug-likeness (QED) is 0.668. The monoisotopic (exact) mass is 254 g/mol. The number of nitrogens with zero attached hydrogens (tertiary/aromatic N) is 3. The van der Waals surface area contributed by atoms with Crippen LogP contribution >= 0.6 is 0 Å². The molecule has 0 bridgehead atoms. The summed E-state index contributed by atoms with van der Waals surface area (Å²) in [5.74, 6) is 0. The van der Waals surface area contributed by atoms with Crippen molar-refractivity contribution in [3.8, 4) is 6.07 Å². The molecular formula is C13H10N4O2. The van der Waals surface area contributed by atoms with Crippen molar-refractivity contribution < 1.29 is 4.92 Å². The van der Waals surface area contributed by atoms with E-state index in [-0.39, 0.29) is 5.69 Å². The highest BCUT2D eigenvalue weighted by molar-refractivity contribution is 5.59. The fraction of sp³-hybridized carbons (Fsp3) is 0.0769. The number of benzene rings is 1. The molecule has 1 aromatic carbocycles. The summed E-state index contributed by atoms with van der Waals surface area (Å²) in [6.07, 6.45) is 2.69. The van der Waals surface area contributed by atoms with E-state index in [1.54, 1.807) is 24.3 Å². The molecule has 0 spiro atoms. The van der Waals surface area contributed by atoms with E-state index in [9.17, 15) is 10.1 Å². The molecule has 0 radical (unpaired) electrons. The topological polar surface area (TPSA) is 91.8 Å². The Labute approximate surface area is 109 Å². The molecule has 0 aliphatic rings. The molecule has 94 valence electrons. The van der Waals surface area contributed by atoms with Crippen molar-refractivity contribution >= 4 is 11.4 Å². The minimum absolute atomic E-state index is 0.0704. The van der Waals surface area contributed by atoms with Gasteiger partial charge in [-0.3, -0.25) is 15.1 Å². The van der Waals surface area contributed by atoms with Crippen LogP contribution < -0.4 is 5.32 Å². The van der Waals surface area contributed by atoms with Gasteiger partial charge in [-0.2, -0.15) is 5.26 Å². The van der Waals surface area contributed by atoms with E-state index < -0.39 is 4.92 Å². The van der Waals surface area contributed by atoms with E-state index in [2.05, 4.69) is 10.3 Å². The van der Waals surface area contributed by atoms with Gasteiger partial charge in [-0.1, -0.05) is 12.1 Å². The number of pyridine rings is 1. The first-order chi connectivity index (χ1) is 9.20. The van der Waals surface area contributed by atoms with Crippen LogP contribution in [-0.4, -0.2) is 9.91 Å². The van der Waals surface area contributed by atoms with Crippen molar-refractivity contribution in [1.29, 1.82) is 5.26 Å². The van der Waals surface area contributed by atoms with Crippen molar-refractivity contribution in [3.05, 3.63) is 64.0 Å². The molecule has 0 atom stereocenters. The van der Waals surface area contributed by atoms with Gasteiger partial charge < -0.3 is 5.32 Å². The standard InChI is InChI=1S/C13H10N4O2/c14-7-10-2-1-3-11(6-10)8-16-12-4-5-15-9-13(12)17(18)19/h1-6,9H,8H2,(H,15,16). The molecule has 1 heterocycles. The second-order valence-corrected chi connectivity index (χ2v) is 3.82. The zero-order valence-corrected chi connectivity index (χ0v) is 9.91. The number of hydrogen-bond acceptors (Lipinski definition) is 5. The summed E-state index contributed by atoms with van der Waals surface area (Å²) in [5.41, 5.74) is 1.77. The van der Waals surface area contributed by atoms with Gasteiger partial charge >= 0.3 is 5.69 Å². The second-order valence-electron chi connectivity index (χ2n) is 3.82. The lowest BCUT2D eigenvalue weighted by Gasteiger charge is -2.06. The van der Waals surface area contributed by atoms with Gasteiger partial charge in [-0.15, -0.1) is 0 Å². The Morgan fingerprint density at radius 2 is 2.26 bits per heavy atom. The third-order valence-corrected chi connectivity index (χ3v) is 2.54. The van der Waals surface area contributed by atoms with Crippen molar-refractivity contribution in [2.45, 2.75) is 6.54 Å². The van der Waals surface area contributed by atoms with E-state index in [1.807, 2.05) is 12.1 Å². The average molecular weight is 254 g/mol. The van der Waals surface area contributed by atoms with Crippen LogP contribution in [0.4, 0.5) is 11.4 Å². The average Bonchev–Trinajstić information content (AvgIpc) is 2.45. The Balaban J connectivity index is 2.15. The number of anilines is 1. The van der Waals surface area contributed by atoms with E-state index in [4.69, 9.17) is 5.26 Å². The molecule has 0 aliphatic carbocycles. The highest BCUT2D eigenvalue weighted by atomic mass is 16.6. The minimum atomic E-state index is -0.485. The maximum Gasteiger partial charge on any atom is 0.310 e. The molecule has 0 saturated carbocycles. The summed E-state index contributed by atoms with van der Waals surface area (Å²) < 4.78 is 0. The third-order valence-electron chi connectivity index (χ3n) is 2.54. The van der Waals surface area contributed by atoms with Crippen molar-refractivity contribution in [3.63, 3.8) is 0 Å². The molecule has 6 nitrogen and oxygen atoms in total. The van der Waals surface area contributed by atoms with Crippen LogP contribution in [0.25, 0.3) is 0 Å².